The number of benzene rings is 1. The number of anilines is 1. The lowest BCUT2D eigenvalue weighted by atomic mass is 10.3. The molecule has 1 aromatic heterocycles. The maximum atomic E-state index is 11.7. The van der Waals surface area contributed by atoms with Gasteiger partial charge in [-0.1, -0.05) is 12.1 Å². The smallest absolute Gasteiger partial charge is 0.177 e. The molecular formula is C13H16N2O2S2. The van der Waals surface area contributed by atoms with Gasteiger partial charge >= 0.3 is 0 Å². The second-order valence-corrected chi connectivity index (χ2v) is 7.75. The number of hydrogen-bond donors (Lipinski definition) is 1. The van der Waals surface area contributed by atoms with E-state index in [2.05, 4.69) is 10.3 Å². The second-order valence-electron chi connectivity index (χ2n) is 4.36. The number of nitrogens with one attached hydrogen (secondary N) is 1. The summed E-state index contributed by atoms with van der Waals surface area (Å²) in [6, 6.07) is 6.91. The van der Waals surface area contributed by atoms with Crippen LogP contribution in [-0.4, -0.2) is 19.7 Å². The Labute approximate surface area is 117 Å². The average Bonchev–Trinajstić information content (AvgIpc) is 2.64. The topological polar surface area (TPSA) is 59.1 Å². The molecule has 0 bridgehead atoms. The van der Waals surface area contributed by atoms with Gasteiger partial charge in [0.25, 0.3) is 0 Å². The molecule has 2 aromatic rings. The maximum absolute atomic E-state index is 11.7. The first kappa shape index (κ1) is 14.0. The summed E-state index contributed by atoms with van der Waals surface area (Å²) in [4.78, 5) is 5.90. The molecule has 102 valence electrons. The summed E-state index contributed by atoms with van der Waals surface area (Å²) in [6.07, 6.45) is 1.21. The summed E-state index contributed by atoms with van der Waals surface area (Å²) in [6.45, 7) is 4.51. The highest BCUT2D eigenvalue weighted by Crippen LogP contribution is 2.22. The normalized spacial score (nSPS) is 11.5. The Morgan fingerprint density at radius 2 is 1.95 bits per heavy atom. The zero-order valence-electron chi connectivity index (χ0n) is 11.1. The number of sulfone groups is 1. The Hall–Kier alpha value is -1.40. The zero-order valence-corrected chi connectivity index (χ0v) is 12.7. The third-order valence-corrected chi connectivity index (χ3v) is 4.82. The molecule has 0 radical (unpaired) electrons. The number of hydrogen-bond acceptors (Lipinski definition) is 5. The van der Waals surface area contributed by atoms with E-state index in [0.717, 1.165) is 15.6 Å². The molecular weight excluding hydrogens is 280 g/mol. The van der Waals surface area contributed by atoms with Crippen molar-refractivity contribution in [2.24, 2.45) is 0 Å². The van der Waals surface area contributed by atoms with E-state index in [1.807, 2.05) is 19.9 Å². The molecule has 0 spiro atoms. The van der Waals surface area contributed by atoms with Gasteiger partial charge in [-0.05, 0) is 26.0 Å². The lowest BCUT2D eigenvalue weighted by Crippen LogP contribution is -2.06. The molecule has 4 nitrogen and oxygen atoms in total. The van der Waals surface area contributed by atoms with E-state index >= 15 is 0 Å². The van der Waals surface area contributed by atoms with Crippen LogP contribution in [0.25, 0.3) is 0 Å². The molecule has 0 amide bonds. The number of aryl methyl sites for hydroxylation is 2. The molecule has 1 N–H and O–H groups in total. The van der Waals surface area contributed by atoms with Gasteiger partial charge in [-0.25, -0.2) is 13.4 Å². The van der Waals surface area contributed by atoms with Crippen molar-refractivity contribution in [2.45, 2.75) is 25.3 Å². The van der Waals surface area contributed by atoms with Crippen LogP contribution >= 0.6 is 11.3 Å². The molecule has 2 rings (SSSR count). The highest BCUT2D eigenvalue weighted by atomic mass is 32.2. The molecule has 0 aliphatic rings. The second kappa shape index (κ2) is 5.30. The maximum Gasteiger partial charge on any atom is 0.177 e. The van der Waals surface area contributed by atoms with Crippen molar-refractivity contribution in [3.8, 4) is 0 Å². The van der Waals surface area contributed by atoms with Gasteiger partial charge in [0, 0.05) is 11.1 Å². The van der Waals surface area contributed by atoms with Crippen LogP contribution in [-0.2, 0) is 16.4 Å². The predicted molar refractivity (Wildman–Crippen MR) is 78.5 cm³/mol. The van der Waals surface area contributed by atoms with Crippen LogP contribution in [0.2, 0.25) is 0 Å². The van der Waals surface area contributed by atoms with Crippen LogP contribution in [0.3, 0.4) is 0 Å². The van der Waals surface area contributed by atoms with Crippen molar-refractivity contribution in [1.29, 1.82) is 0 Å². The molecule has 0 aliphatic carbocycles. The third kappa shape index (κ3) is 3.33. The number of nitrogens with zero attached hydrogens (tertiary/aromatic N) is 1. The van der Waals surface area contributed by atoms with Crippen LogP contribution in [0.15, 0.2) is 29.2 Å². The summed E-state index contributed by atoms with van der Waals surface area (Å²) in [7, 11) is -3.22. The average molecular weight is 296 g/mol. The van der Waals surface area contributed by atoms with Gasteiger partial charge in [-0.3, -0.25) is 0 Å². The van der Waals surface area contributed by atoms with Gasteiger partial charge in [0.05, 0.1) is 27.8 Å². The fraction of sp³-hybridized carbons (Fsp3) is 0.308. The predicted octanol–water partition coefficient (Wildman–Crippen LogP) is 2.78. The van der Waals surface area contributed by atoms with Crippen molar-refractivity contribution in [3.05, 3.63) is 39.8 Å². The van der Waals surface area contributed by atoms with Gasteiger partial charge in [0.15, 0.2) is 9.84 Å². The minimum atomic E-state index is -3.22. The first-order valence-corrected chi connectivity index (χ1v) is 8.54. The summed E-state index contributed by atoms with van der Waals surface area (Å²) < 4.78 is 23.4. The van der Waals surface area contributed by atoms with Crippen molar-refractivity contribution < 1.29 is 8.42 Å². The molecule has 1 aromatic carbocycles. The van der Waals surface area contributed by atoms with E-state index < -0.39 is 9.84 Å². The molecule has 19 heavy (non-hydrogen) atoms. The van der Waals surface area contributed by atoms with Gasteiger partial charge in [0.2, 0.25) is 0 Å². The first-order valence-electron chi connectivity index (χ1n) is 5.84. The zero-order chi connectivity index (χ0) is 14.0. The quantitative estimate of drug-likeness (QED) is 0.942. The standard InChI is InChI=1S/C13H16N2O2S2/c1-9-12(15-10(2)18-9)8-14-11-6-4-5-7-13(11)19(3,16)17/h4-7,14H,8H2,1-3H3. The van der Waals surface area contributed by atoms with Gasteiger partial charge in [-0.15, -0.1) is 11.3 Å². The van der Waals surface area contributed by atoms with Crippen LogP contribution in [0, 0.1) is 13.8 Å². The lowest BCUT2D eigenvalue weighted by molar-refractivity contribution is 0.602. The van der Waals surface area contributed by atoms with Crippen LogP contribution in [0.4, 0.5) is 5.69 Å². The van der Waals surface area contributed by atoms with Crippen LogP contribution < -0.4 is 5.32 Å². The Morgan fingerprint density at radius 1 is 1.26 bits per heavy atom. The highest BCUT2D eigenvalue weighted by molar-refractivity contribution is 7.90. The van der Waals surface area contributed by atoms with Crippen molar-refractivity contribution in [2.75, 3.05) is 11.6 Å². The molecule has 0 saturated carbocycles. The lowest BCUT2D eigenvalue weighted by Gasteiger charge is -2.09. The number of thiazole rings is 1. The SMILES string of the molecule is Cc1nc(CNc2ccccc2S(C)(=O)=O)c(C)s1. The van der Waals surface area contributed by atoms with Crippen LogP contribution in [0.5, 0.6) is 0 Å². The van der Waals surface area contributed by atoms with E-state index in [9.17, 15) is 8.42 Å². The number of rotatable bonds is 4. The third-order valence-electron chi connectivity index (χ3n) is 2.73. The number of aromatic nitrogens is 1. The molecule has 0 aliphatic heterocycles. The molecule has 0 saturated heterocycles. The fourth-order valence-corrected chi connectivity index (χ4v) is 3.55. The van der Waals surface area contributed by atoms with Crippen molar-refractivity contribution in [1.82, 2.24) is 4.98 Å². The Kier molecular flexibility index (Phi) is 3.91. The minimum Gasteiger partial charge on any atom is -0.378 e. The molecule has 0 unspecified atom stereocenters. The Balaban J connectivity index is 2.23. The largest absolute Gasteiger partial charge is 0.378 e. The summed E-state index contributed by atoms with van der Waals surface area (Å²) in [5.74, 6) is 0. The molecule has 0 fully saturated rings. The fourth-order valence-electron chi connectivity index (χ4n) is 1.85. The Morgan fingerprint density at radius 3 is 2.53 bits per heavy atom. The highest BCUT2D eigenvalue weighted by Gasteiger charge is 2.13. The van der Waals surface area contributed by atoms with Gasteiger partial charge in [0.1, 0.15) is 0 Å². The summed E-state index contributed by atoms with van der Waals surface area (Å²) in [5, 5.41) is 4.17. The van der Waals surface area contributed by atoms with E-state index in [4.69, 9.17) is 0 Å². The molecule has 0 atom stereocenters. The van der Waals surface area contributed by atoms with Gasteiger partial charge in [-0.2, -0.15) is 0 Å². The van der Waals surface area contributed by atoms with E-state index in [1.54, 1.807) is 29.5 Å². The van der Waals surface area contributed by atoms with Gasteiger partial charge < -0.3 is 5.32 Å². The monoisotopic (exact) mass is 296 g/mol. The van der Waals surface area contributed by atoms with Crippen molar-refractivity contribution >= 4 is 26.9 Å². The van der Waals surface area contributed by atoms with Crippen LogP contribution in [0.1, 0.15) is 15.6 Å². The first-order chi connectivity index (χ1) is 8.88. The van der Waals surface area contributed by atoms with Crippen molar-refractivity contribution in [3.63, 3.8) is 0 Å². The number of para-hydroxylation sites is 1. The minimum absolute atomic E-state index is 0.319. The summed E-state index contributed by atoms with van der Waals surface area (Å²) >= 11 is 1.64. The summed E-state index contributed by atoms with van der Waals surface area (Å²) in [5.41, 5.74) is 1.58. The molecule has 6 heteroatoms. The van der Waals surface area contributed by atoms with E-state index in [0.29, 0.717) is 17.1 Å². The van der Waals surface area contributed by atoms with E-state index in [-0.39, 0.29) is 0 Å². The Bertz CT molecular complexity index is 690. The molecule has 1 heterocycles. The van der Waals surface area contributed by atoms with E-state index in [1.165, 1.54) is 6.26 Å².